The van der Waals surface area contributed by atoms with Crippen molar-refractivity contribution in [1.82, 2.24) is 10.2 Å². The smallest absolute Gasteiger partial charge is 0.258 e. The highest BCUT2D eigenvalue weighted by atomic mass is 16.5. The monoisotopic (exact) mass is 340 g/mol. The van der Waals surface area contributed by atoms with Crippen LogP contribution in [-0.2, 0) is 9.53 Å². The van der Waals surface area contributed by atoms with Gasteiger partial charge in [0.15, 0.2) is 6.61 Å². The van der Waals surface area contributed by atoms with Crippen LogP contribution in [0, 0.1) is 0 Å². The second-order valence-corrected chi connectivity index (χ2v) is 6.82. The SMILES string of the molecule is O=C(COc1ccc2ccccc2c1)NCC1CN(C2CC2)CCO1. The van der Waals surface area contributed by atoms with Gasteiger partial charge in [-0.15, -0.1) is 0 Å². The highest BCUT2D eigenvalue weighted by molar-refractivity contribution is 5.84. The number of nitrogens with zero attached hydrogens (tertiary/aromatic N) is 1. The van der Waals surface area contributed by atoms with Crippen LogP contribution in [0.1, 0.15) is 12.8 Å². The zero-order chi connectivity index (χ0) is 17.1. The number of nitrogens with one attached hydrogen (secondary N) is 1. The summed E-state index contributed by atoms with van der Waals surface area (Å²) in [6, 6.07) is 14.7. The summed E-state index contributed by atoms with van der Waals surface area (Å²) in [5, 5.41) is 5.19. The van der Waals surface area contributed by atoms with Gasteiger partial charge in [-0.2, -0.15) is 0 Å². The molecule has 2 aliphatic rings. The minimum Gasteiger partial charge on any atom is -0.484 e. The van der Waals surface area contributed by atoms with E-state index in [-0.39, 0.29) is 18.6 Å². The summed E-state index contributed by atoms with van der Waals surface area (Å²) < 4.78 is 11.4. The number of carbonyl (C=O) groups is 1. The lowest BCUT2D eigenvalue weighted by Crippen LogP contribution is -2.48. The third-order valence-electron chi connectivity index (χ3n) is 4.85. The van der Waals surface area contributed by atoms with Crippen molar-refractivity contribution in [2.75, 3.05) is 32.8 Å². The minimum atomic E-state index is -0.111. The van der Waals surface area contributed by atoms with Crippen molar-refractivity contribution >= 4 is 16.7 Å². The molecule has 1 saturated heterocycles. The van der Waals surface area contributed by atoms with Crippen molar-refractivity contribution in [3.8, 4) is 5.75 Å². The van der Waals surface area contributed by atoms with Gasteiger partial charge in [0.25, 0.3) is 5.91 Å². The van der Waals surface area contributed by atoms with Crippen molar-refractivity contribution in [1.29, 1.82) is 0 Å². The normalized spacial score (nSPS) is 21.2. The Balaban J connectivity index is 1.23. The standard InChI is InChI=1S/C20H24N2O3/c23-20(21-12-19-13-22(9-10-24-19)17-6-7-17)14-25-18-8-5-15-3-1-2-4-16(15)11-18/h1-5,8,11,17,19H,6-7,9-10,12-14H2,(H,21,23). The number of carbonyl (C=O) groups excluding carboxylic acids is 1. The summed E-state index contributed by atoms with van der Waals surface area (Å²) in [5.41, 5.74) is 0. The van der Waals surface area contributed by atoms with Crippen LogP contribution in [0.4, 0.5) is 0 Å². The average Bonchev–Trinajstić information content (AvgIpc) is 3.50. The van der Waals surface area contributed by atoms with E-state index in [2.05, 4.69) is 16.3 Å². The topological polar surface area (TPSA) is 50.8 Å². The summed E-state index contributed by atoms with van der Waals surface area (Å²) in [6.07, 6.45) is 2.69. The second-order valence-electron chi connectivity index (χ2n) is 6.82. The number of fused-ring (bicyclic) bond motifs is 1. The Kier molecular flexibility index (Phi) is 4.85. The lowest BCUT2D eigenvalue weighted by molar-refractivity contribution is -0.124. The van der Waals surface area contributed by atoms with Crippen molar-refractivity contribution in [2.24, 2.45) is 0 Å². The van der Waals surface area contributed by atoms with Gasteiger partial charge in [-0.05, 0) is 35.7 Å². The highest BCUT2D eigenvalue weighted by Gasteiger charge is 2.32. The molecule has 25 heavy (non-hydrogen) atoms. The van der Waals surface area contributed by atoms with Gasteiger partial charge < -0.3 is 14.8 Å². The first kappa shape index (κ1) is 16.4. The Morgan fingerprint density at radius 3 is 2.88 bits per heavy atom. The zero-order valence-electron chi connectivity index (χ0n) is 14.3. The molecule has 1 unspecified atom stereocenters. The molecule has 0 bridgehead atoms. The van der Waals surface area contributed by atoms with Gasteiger partial charge in [0.2, 0.25) is 0 Å². The molecule has 1 saturated carbocycles. The van der Waals surface area contributed by atoms with E-state index >= 15 is 0 Å². The molecule has 1 N–H and O–H groups in total. The maximum absolute atomic E-state index is 12.0. The molecule has 5 heteroatoms. The van der Waals surface area contributed by atoms with Crippen LogP contribution in [0.2, 0.25) is 0 Å². The molecule has 5 nitrogen and oxygen atoms in total. The first-order chi connectivity index (χ1) is 12.3. The zero-order valence-corrected chi connectivity index (χ0v) is 14.3. The Morgan fingerprint density at radius 1 is 1.20 bits per heavy atom. The Hall–Kier alpha value is -2.11. The van der Waals surface area contributed by atoms with Crippen molar-refractivity contribution in [3.05, 3.63) is 42.5 Å². The number of benzene rings is 2. The molecule has 0 radical (unpaired) electrons. The molecule has 2 aromatic rings. The predicted molar refractivity (Wildman–Crippen MR) is 96.8 cm³/mol. The molecule has 1 heterocycles. The van der Waals surface area contributed by atoms with Gasteiger partial charge in [0.1, 0.15) is 5.75 Å². The fourth-order valence-electron chi connectivity index (χ4n) is 3.32. The van der Waals surface area contributed by atoms with Gasteiger partial charge in [-0.3, -0.25) is 9.69 Å². The first-order valence-corrected chi connectivity index (χ1v) is 9.02. The van der Waals surface area contributed by atoms with Gasteiger partial charge in [-0.1, -0.05) is 30.3 Å². The fraction of sp³-hybridized carbons (Fsp3) is 0.450. The Bertz CT molecular complexity index is 745. The molecule has 2 fully saturated rings. The number of rotatable bonds is 6. The van der Waals surface area contributed by atoms with Crippen LogP contribution in [0.3, 0.4) is 0 Å². The fourth-order valence-corrected chi connectivity index (χ4v) is 3.32. The van der Waals surface area contributed by atoms with E-state index in [9.17, 15) is 4.79 Å². The van der Waals surface area contributed by atoms with Crippen LogP contribution >= 0.6 is 0 Å². The van der Waals surface area contributed by atoms with E-state index in [1.807, 2.05) is 36.4 Å². The summed E-state index contributed by atoms with van der Waals surface area (Å²) in [6.45, 7) is 3.25. The van der Waals surface area contributed by atoms with Crippen LogP contribution in [0.15, 0.2) is 42.5 Å². The second kappa shape index (κ2) is 7.42. The number of hydrogen-bond acceptors (Lipinski definition) is 4. The van der Waals surface area contributed by atoms with Gasteiger partial charge >= 0.3 is 0 Å². The molecule has 0 spiro atoms. The first-order valence-electron chi connectivity index (χ1n) is 9.02. The minimum absolute atomic E-state index is 0.0252. The maximum atomic E-state index is 12.0. The Morgan fingerprint density at radius 2 is 2.04 bits per heavy atom. The summed E-state index contributed by atoms with van der Waals surface area (Å²) in [5.74, 6) is 0.600. The molecule has 2 aromatic carbocycles. The van der Waals surface area contributed by atoms with E-state index in [1.54, 1.807) is 0 Å². The van der Waals surface area contributed by atoms with E-state index in [1.165, 1.54) is 12.8 Å². The molecule has 1 atom stereocenters. The predicted octanol–water partition coefficient (Wildman–Crippen LogP) is 2.20. The number of morpholine rings is 1. The molecule has 4 rings (SSSR count). The Labute approximate surface area is 147 Å². The number of hydrogen-bond donors (Lipinski definition) is 1. The third-order valence-corrected chi connectivity index (χ3v) is 4.85. The van der Waals surface area contributed by atoms with Gasteiger partial charge in [0.05, 0.1) is 12.7 Å². The van der Waals surface area contributed by atoms with E-state index in [4.69, 9.17) is 9.47 Å². The molecule has 1 aliphatic carbocycles. The lowest BCUT2D eigenvalue weighted by atomic mass is 10.1. The van der Waals surface area contributed by atoms with Crippen LogP contribution in [-0.4, -0.2) is 55.8 Å². The highest BCUT2D eigenvalue weighted by Crippen LogP contribution is 2.28. The van der Waals surface area contributed by atoms with Crippen molar-refractivity contribution < 1.29 is 14.3 Å². The maximum Gasteiger partial charge on any atom is 0.258 e. The molecule has 132 valence electrons. The van der Waals surface area contributed by atoms with E-state index in [0.717, 1.165) is 36.5 Å². The van der Waals surface area contributed by atoms with Crippen LogP contribution in [0.5, 0.6) is 5.75 Å². The van der Waals surface area contributed by atoms with Crippen molar-refractivity contribution in [2.45, 2.75) is 25.0 Å². The van der Waals surface area contributed by atoms with Crippen LogP contribution in [0.25, 0.3) is 10.8 Å². The largest absolute Gasteiger partial charge is 0.484 e. The average molecular weight is 340 g/mol. The number of ether oxygens (including phenoxy) is 2. The van der Waals surface area contributed by atoms with Crippen molar-refractivity contribution in [3.63, 3.8) is 0 Å². The summed E-state index contributed by atoms with van der Waals surface area (Å²) in [4.78, 5) is 14.5. The molecular weight excluding hydrogens is 316 g/mol. The summed E-state index contributed by atoms with van der Waals surface area (Å²) in [7, 11) is 0. The summed E-state index contributed by atoms with van der Waals surface area (Å²) >= 11 is 0. The lowest BCUT2D eigenvalue weighted by Gasteiger charge is -2.33. The third kappa shape index (κ3) is 4.30. The van der Waals surface area contributed by atoms with Crippen LogP contribution < -0.4 is 10.1 Å². The quantitative estimate of drug-likeness (QED) is 0.876. The number of amides is 1. The molecular formula is C20H24N2O3. The molecule has 1 aliphatic heterocycles. The van der Waals surface area contributed by atoms with Gasteiger partial charge in [-0.25, -0.2) is 0 Å². The van der Waals surface area contributed by atoms with E-state index in [0.29, 0.717) is 12.3 Å². The van der Waals surface area contributed by atoms with Gasteiger partial charge in [0, 0.05) is 25.7 Å². The van der Waals surface area contributed by atoms with E-state index < -0.39 is 0 Å². The molecule has 0 aromatic heterocycles. The molecule has 1 amide bonds.